The maximum Gasteiger partial charge on any atom is 0.0548 e. The van der Waals surface area contributed by atoms with Crippen LogP contribution >= 0.6 is 11.8 Å². The van der Waals surface area contributed by atoms with Crippen molar-refractivity contribution < 1.29 is 0 Å². The van der Waals surface area contributed by atoms with E-state index in [1.165, 1.54) is 87.7 Å². The van der Waals surface area contributed by atoms with E-state index in [1.807, 2.05) is 11.8 Å². The van der Waals surface area contributed by atoms with Crippen molar-refractivity contribution in [3.05, 3.63) is 174 Å². The van der Waals surface area contributed by atoms with Crippen molar-refractivity contribution in [1.82, 2.24) is 0 Å². The third kappa shape index (κ3) is 4.40. The van der Waals surface area contributed by atoms with Gasteiger partial charge in [0.25, 0.3) is 0 Å². The number of rotatable bonds is 4. The number of thioether (sulfide) groups is 1. The van der Waals surface area contributed by atoms with E-state index in [-0.39, 0.29) is 0 Å². The second-order valence-corrected chi connectivity index (χ2v) is 14.4. The summed E-state index contributed by atoms with van der Waals surface area (Å²) in [6.07, 6.45) is 10.6. The molecule has 0 saturated carbocycles. The molecule has 1 nitrogen and oxygen atoms in total. The largest absolute Gasteiger partial charge is 0.310 e. The van der Waals surface area contributed by atoms with Crippen LogP contribution in [-0.4, -0.2) is 5.25 Å². The van der Waals surface area contributed by atoms with Crippen LogP contribution in [0.25, 0.3) is 49.0 Å². The van der Waals surface area contributed by atoms with E-state index >= 15 is 0 Å². The molecule has 0 fully saturated rings. The molecule has 7 aromatic rings. The van der Waals surface area contributed by atoms with Crippen LogP contribution in [0.5, 0.6) is 0 Å². The summed E-state index contributed by atoms with van der Waals surface area (Å²) >= 11 is 2.04. The van der Waals surface area contributed by atoms with E-state index in [4.69, 9.17) is 0 Å². The highest BCUT2D eigenvalue weighted by Crippen LogP contribution is 2.55. The molecule has 48 heavy (non-hydrogen) atoms. The molecule has 1 unspecified atom stereocenters. The van der Waals surface area contributed by atoms with Crippen LogP contribution in [0, 0.1) is 0 Å². The predicted octanol–water partition coefficient (Wildman–Crippen LogP) is 13.2. The Bertz CT molecular complexity index is 2500. The Morgan fingerprint density at radius 1 is 0.604 bits per heavy atom. The summed E-state index contributed by atoms with van der Waals surface area (Å²) in [6.45, 7) is 0. The van der Waals surface area contributed by atoms with Gasteiger partial charge in [0.15, 0.2) is 0 Å². The average molecular weight is 632 g/mol. The van der Waals surface area contributed by atoms with E-state index < -0.39 is 0 Å². The highest BCUT2D eigenvalue weighted by molar-refractivity contribution is 8.00. The molecule has 10 rings (SSSR count). The molecule has 0 aromatic heterocycles. The molecule has 0 radical (unpaired) electrons. The third-order valence-electron chi connectivity index (χ3n) is 10.4. The van der Waals surface area contributed by atoms with Crippen molar-refractivity contribution in [2.45, 2.75) is 29.4 Å². The summed E-state index contributed by atoms with van der Waals surface area (Å²) in [5, 5.41) is 8.25. The molecule has 0 spiro atoms. The SMILES string of the molecule is C1=CC2=C(C=C3c4c(cccc4N(c4ccccc4)c4ccc(-c5cc6ccc7ccccc7c6c6ccccc56)cc4)SC3C2)CC1. The molecule has 7 aromatic carbocycles. The lowest BCUT2D eigenvalue weighted by molar-refractivity contribution is 0.905. The van der Waals surface area contributed by atoms with Crippen LogP contribution in [0.2, 0.25) is 0 Å². The zero-order valence-corrected chi connectivity index (χ0v) is 27.4. The van der Waals surface area contributed by atoms with Gasteiger partial charge < -0.3 is 4.90 Å². The molecule has 0 bridgehead atoms. The second-order valence-electron chi connectivity index (χ2n) is 13.1. The van der Waals surface area contributed by atoms with Gasteiger partial charge in [-0.15, -0.1) is 11.8 Å². The van der Waals surface area contributed by atoms with Gasteiger partial charge in [-0.3, -0.25) is 0 Å². The fourth-order valence-corrected chi connectivity index (χ4v) is 9.56. The first-order valence-electron chi connectivity index (χ1n) is 17.0. The molecule has 228 valence electrons. The lowest BCUT2D eigenvalue weighted by atomic mass is 9.84. The minimum atomic E-state index is 0.473. The molecular formula is C46H33NS. The smallest absolute Gasteiger partial charge is 0.0548 e. The molecular weight excluding hydrogens is 599 g/mol. The quantitative estimate of drug-likeness (QED) is 0.178. The summed E-state index contributed by atoms with van der Waals surface area (Å²) < 4.78 is 0. The number of anilines is 3. The van der Waals surface area contributed by atoms with Crippen molar-refractivity contribution >= 4 is 66.7 Å². The maximum absolute atomic E-state index is 2.52. The maximum atomic E-state index is 2.52. The fourth-order valence-electron chi connectivity index (χ4n) is 8.18. The van der Waals surface area contributed by atoms with Gasteiger partial charge in [-0.2, -0.15) is 0 Å². The second kappa shape index (κ2) is 11.1. The lowest BCUT2D eigenvalue weighted by Crippen LogP contribution is -2.14. The van der Waals surface area contributed by atoms with E-state index in [9.17, 15) is 0 Å². The monoisotopic (exact) mass is 631 g/mol. The zero-order chi connectivity index (χ0) is 31.6. The van der Waals surface area contributed by atoms with Gasteiger partial charge in [-0.25, -0.2) is 0 Å². The van der Waals surface area contributed by atoms with Crippen LogP contribution in [0.15, 0.2) is 174 Å². The topological polar surface area (TPSA) is 3.24 Å². The van der Waals surface area contributed by atoms with Gasteiger partial charge in [0.2, 0.25) is 0 Å². The van der Waals surface area contributed by atoms with Crippen LogP contribution in [-0.2, 0) is 0 Å². The Morgan fingerprint density at radius 2 is 1.35 bits per heavy atom. The molecule has 0 amide bonds. The first-order valence-corrected chi connectivity index (χ1v) is 17.9. The third-order valence-corrected chi connectivity index (χ3v) is 11.7. The van der Waals surface area contributed by atoms with E-state index in [2.05, 4.69) is 163 Å². The Labute approximate surface area is 285 Å². The van der Waals surface area contributed by atoms with Gasteiger partial charge in [0, 0.05) is 27.1 Å². The Morgan fingerprint density at radius 3 is 2.23 bits per heavy atom. The number of hydrogen-bond donors (Lipinski definition) is 0. The van der Waals surface area contributed by atoms with Gasteiger partial charge in [0.05, 0.1) is 5.69 Å². The molecule has 1 atom stereocenters. The van der Waals surface area contributed by atoms with Gasteiger partial charge in [-0.1, -0.05) is 115 Å². The standard InChI is InChI=1S/C46H33NS/c1-2-14-35(15-3-1)47(42-19-10-20-43-46(42)41-27-32-12-4-5-13-33(32)29-44(41)48-43)36-25-23-31(24-26-36)40-28-34-22-21-30-11-6-7-16-37(30)45(34)39-18-9-8-17-38(39)40/h1-3,5-11,13-28,44H,4,12,29H2. The number of fused-ring (bicyclic) bond motifs is 8. The average Bonchev–Trinajstić information content (AvgIpc) is 3.52. The van der Waals surface area contributed by atoms with E-state index in [0.717, 1.165) is 19.3 Å². The van der Waals surface area contributed by atoms with Gasteiger partial charge >= 0.3 is 0 Å². The number of hydrogen-bond acceptors (Lipinski definition) is 2. The Hall–Kier alpha value is -5.31. The summed E-state index contributed by atoms with van der Waals surface area (Å²) in [6, 6.07) is 51.5. The summed E-state index contributed by atoms with van der Waals surface area (Å²) in [7, 11) is 0. The highest BCUT2D eigenvalue weighted by atomic mass is 32.2. The zero-order valence-electron chi connectivity index (χ0n) is 26.6. The molecule has 2 aliphatic carbocycles. The minimum Gasteiger partial charge on any atom is -0.310 e. The fraction of sp³-hybridized carbons (Fsp3) is 0.0870. The van der Waals surface area contributed by atoms with Crippen molar-refractivity contribution in [3.63, 3.8) is 0 Å². The van der Waals surface area contributed by atoms with Crippen LogP contribution in [0.3, 0.4) is 0 Å². The van der Waals surface area contributed by atoms with Crippen molar-refractivity contribution in [1.29, 1.82) is 0 Å². The molecule has 2 heteroatoms. The van der Waals surface area contributed by atoms with E-state index in [0.29, 0.717) is 5.25 Å². The van der Waals surface area contributed by atoms with Crippen molar-refractivity contribution in [2.24, 2.45) is 0 Å². The van der Waals surface area contributed by atoms with Crippen LogP contribution in [0.4, 0.5) is 17.1 Å². The number of allylic oxidation sites excluding steroid dienone is 5. The minimum absolute atomic E-state index is 0.473. The van der Waals surface area contributed by atoms with Gasteiger partial charge in [-0.05, 0) is 122 Å². The predicted molar refractivity (Wildman–Crippen MR) is 207 cm³/mol. The number of nitrogens with zero attached hydrogens (tertiary/aromatic N) is 1. The van der Waals surface area contributed by atoms with Crippen LogP contribution in [0.1, 0.15) is 24.8 Å². The van der Waals surface area contributed by atoms with Crippen molar-refractivity contribution in [3.8, 4) is 11.1 Å². The summed E-state index contributed by atoms with van der Waals surface area (Å²) in [4.78, 5) is 3.85. The van der Waals surface area contributed by atoms with Gasteiger partial charge in [0.1, 0.15) is 0 Å². The van der Waals surface area contributed by atoms with E-state index in [1.54, 1.807) is 0 Å². The summed E-state index contributed by atoms with van der Waals surface area (Å²) in [5.74, 6) is 0. The Kier molecular flexibility index (Phi) is 6.45. The Balaban J connectivity index is 1.12. The highest BCUT2D eigenvalue weighted by Gasteiger charge is 2.35. The number of para-hydroxylation sites is 1. The lowest BCUT2D eigenvalue weighted by Gasteiger charge is -2.29. The first-order chi connectivity index (χ1) is 23.8. The molecule has 0 saturated heterocycles. The molecule has 0 N–H and O–H groups in total. The normalized spacial score (nSPS) is 16.6. The molecule has 1 aliphatic heterocycles. The molecule has 1 heterocycles. The molecule has 3 aliphatic rings. The first kappa shape index (κ1) is 27.8. The van der Waals surface area contributed by atoms with Crippen molar-refractivity contribution in [2.75, 3.05) is 4.90 Å². The number of benzene rings is 7. The van der Waals surface area contributed by atoms with Crippen LogP contribution < -0.4 is 4.90 Å². The summed E-state index contributed by atoms with van der Waals surface area (Å²) in [5.41, 5.74) is 12.0.